The number of methoxy groups -OCH3 is 1. The summed E-state index contributed by atoms with van der Waals surface area (Å²) >= 11 is 0. The summed E-state index contributed by atoms with van der Waals surface area (Å²) in [5.74, 6) is -2.76. The van der Waals surface area contributed by atoms with Gasteiger partial charge in [0.25, 0.3) is 5.91 Å². The molecule has 3 rings (SSSR count). The molecule has 1 aromatic carbocycles. The lowest BCUT2D eigenvalue weighted by atomic mass is 10.0. The zero-order valence-corrected chi connectivity index (χ0v) is 16.6. The number of aryl methyl sites for hydroxylation is 1. The third kappa shape index (κ3) is 6.28. The van der Waals surface area contributed by atoms with Crippen molar-refractivity contribution in [2.24, 2.45) is 0 Å². The third-order valence-electron chi connectivity index (χ3n) is 4.69. The van der Waals surface area contributed by atoms with Crippen LogP contribution in [-0.4, -0.2) is 58.8 Å². The molecule has 30 heavy (non-hydrogen) atoms. The topological polar surface area (TPSA) is 79.7 Å². The average molecular weight is 424 g/mol. The lowest BCUT2D eigenvalue weighted by Gasteiger charge is -2.27. The van der Waals surface area contributed by atoms with E-state index in [1.807, 2.05) is 42.2 Å². The van der Waals surface area contributed by atoms with Crippen LogP contribution < -0.4 is 0 Å². The Morgan fingerprint density at radius 1 is 1.17 bits per heavy atom. The van der Waals surface area contributed by atoms with Crippen LogP contribution in [0.25, 0.3) is 0 Å². The molecule has 2 heterocycles. The van der Waals surface area contributed by atoms with E-state index in [2.05, 4.69) is 17.1 Å². The van der Waals surface area contributed by atoms with Gasteiger partial charge in [0.15, 0.2) is 0 Å². The normalized spacial score (nSPS) is 18.5. The van der Waals surface area contributed by atoms with E-state index in [-0.39, 0.29) is 18.1 Å². The fraction of sp³-hybridized carbons (Fsp3) is 0.381. The number of amides is 1. The molecule has 9 heteroatoms. The van der Waals surface area contributed by atoms with Crippen LogP contribution in [-0.2, 0) is 16.0 Å². The molecule has 2 aromatic rings. The van der Waals surface area contributed by atoms with Crippen molar-refractivity contribution in [1.29, 1.82) is 0 Å². The van der Waals surface area contributed by atoms with Gasteiger partial charge < -0.3 is 14.7 Å². The van der Waals surface area contributed by atoms with Gasteiger partial charge in [0.05, 0.1) is 12.1 Å². The van der Waals surface area contributed by atoms with Gasteiger partial charge in [-0.3, -0.25) is 4.79 Å². The lowest BCUT2D eigenvalue weighted by Crippen LogP contribution is -2.42. The zero-order valence-electron chi connectivity index (χ0n) is 16.6. The molecule has 1 N–H and O–H groups in total. The molecule has 0 radical (unpaired) electrons. The van der Waals surface area contributed by atoms with Crippen LogP contribution in [0, 0.1) is 6.92 Å². The predicted octanol–water partition coefficient (Wildman–Crippen LogP) is 3.50. The van der Waals surface area contributed by atoms with E-state index in [0.29, 0.717) is 12.2 Å². The van der Waals surface area contributed by atoms with Crippen molar-refractivity contribution in [2.45, 2.75) is 38.1 Å². The molecule has 0 spiro atoms. The number of aliphatic carboxylic acids is 1. The first-order valence-corrected chi connectivity index (χ1v) is 9.25. The highest BCUT2D eigenvalue weighted by Crippen LogP contribution is 2.25. The number of ether oxygens (including phenoxy) is 1. The van der Waals surface area contributed by atoms with Gasteiger partial charge in [0, 0.05) is 19.3 Å². The SMILES string of the molecule is CO[C@@H]1CCN(C(=O)c2cccc(C)n2)[C@H]1Cc1ccccc1.O=C(O)C(F)(F)F. The van der Waals surface area contributed by atoms with Crippen LogP contribution in [0.2, 0.25) is 0 Å². The molecule has 1 fully saturated rings. The molecule has 0 saturated carbocycles. The Morgan fingerprint density at radius 2 is 1.80 bits per heavy atom. The summed E-state index contributed by atoms with van der Waals surface area (Å²) in [6.45, 7) is 2.62. The van der Waals surface area contributed by atoms with Gasteiger partial charge in [-0.05, 0) is 37.5 Å². The first kappa shape index (κ1) is 23.3. The smallest absolute Gasteiger partial charge is 0.475 e. The second kappa shape index (κ2) is 10.2. The van der Waals surface area contributed by atoms with E-state index in [4.69, 9.17) is 14.6 Å². The second-order valence-electron chi connectivity index (χ2n) is 6.79. The van der Waals surface area contributed by atoms with Gasteiger partial charge in [0.2, 0.25) is 0 Å². The van der Waals surface area contributed by atoms with Crippen molar-refractivity contribution < 1.29 is 32.6 Å². The molecule has 1 saturated heterocycles. The summed E-state index contributed by atoms with van der Waals surface area (Å²) in [7, 11) is 1.72. The van der Waals surface area contributed by atoms with E-state index >= 15 is 0 Å². The fourth-order valence-corrected chi connectivity index (χ4v) is 3.26. The van der Waals surface area contributed by atoms with Gasteiger partial charge >= 0.3 is 12.1 Å². The molecular formula is C21H23F3N2O4. The summed E-state index contributed by atoms with van der Waals surface area (Å²) in [6.07, 6.45) is -3.34. The Bertz CT molecular complexity index is 859. The first-order chi connectivity index (χ1) is 14.1. The van der Waals surface area contributed by atoms with Crippen molar-refractivity contribution in [1.82, 2.24) is 9.88 Å². The van der Waals surface area contributed by atoms with E-state index in [1.165, 1.54) is 5.56 Å². The summed E-state index contributed by atoms with van der Waals surface area (Å²) in [5.41, 5.74) is 2.59. The highest BCUT2D eigenvalue weighted by Gasteiger charge is 2.38. The number of hydrogen-bond donors (Lipinski definition) is 1. The maximum atomic E-state index is 12.9. The molecular weight excluding hydrogens is 401 g/mol. The summed E-state index contributed by atoms with van der Waals surface area (Å²) in [6, 6.07) is 15.9. The van der Waals surface area contributed by atoms with Gasteiger partial charge in [-0.25, -0.2) is 9.78 Å². The van der Waals surface area contributed by atoms with Gasteiger partial charge in [-0.1, -0.05) is 36.4 Å². The number of hydrogen-bond acceptors (Lipinski definition) is 4. The van der Waals surface area contributed by atoms with Gasteiger partial charge in [-0.2, -0.15) is 13.2 Å². The average Bonchev–Trinajstić information content (AvgIpc) is 3.10. The molecule has 0 unspecified atom stereocenters. The fourth-order valence-electron chi connectivity index (χ4n) is 3.26. The number of pyridine rings is 1. The number of carbonyl (C=O) groups excluding carboxylic acids is 1. The maximum absolute atomic E-state index is 12.9. The number of rotatable bonds is 4. The van der Waals surface area contributed by atoms with E-state index in [9.17, 15) is 18.0 Å². The number of likely N-dealkylation sites (tertiary alicyclic amines) is 1. The van der Waals surface area contributed by atoms with Crippen LogP contribution in [0.15, 0.2) is 48.5 Å². The number of carboxylic acid groups (broad SMARTS) is 1. The van der Waals surface area contributed by atoms with Crippen LogP contribution in [0.3, 0.4) is 0 Å². The Balaban J connectivity index is 0.000000396. The maximum Gasteiger partial charge on any atom is 0.490 e. The Hall–Kier alpha value is -2.94. The Kier molecular flexibility index (Phi) is 7.93. The van der Waals surface area contributed by atoms with Crippen LogP contribution >= 0.6 is 0 Å². The minimum Gasteiger partial charge on any atom is -0.475 e. The quantitative estimate of drug-likeness (QED) is 0.813. The second-order valence-corrected chi connectivity index (χ2v) is 6.79. The number of benzene rings is 1. The van der Waals surface area contributed by atoms with Crippen LogP contribution in [0.1, 0.15) is 28.2 Å². The molecule has 1 aliphatic heterocycles. The largest absolute Gasteiger partial charge is 0.490 e. The summed E-state index contributed by atoms with van der Waals surface area (Å²) < 4.78 is 37.4. The first-order valence-electron chi connectivity index (χ1n) is 9.25. The Morgan fingerprint density at radius 3 is 2.33 bits per heavy atom. The molecule has 6 nitrogen and oxygen atoms in total. The van der Waals surface area contributed by atoms with E-state index in [0.717, 1.165) is 18.5 Å². The summed E-state index contributed by atoms with van der Waals surface area (Å²) in [4.78, 5) is 28.1. The van der Waals surface area contributed by atoms with Crippen molar-refractivity contribution in [3.05, 3.63) is 65.5 Å². The Labute approximate surface area is 172 Å². The van der Waals surface area contributed by atoms with Crippen molar-refractivity contribution >= 4 is 11.9 Å². The monoisotopic (exact) mass is 424 g/mol. The van der Waals surface area contributed by atoms with Crippen molar-refractivity contribution in [2.75, 3.05) is 13.7 Å². The van der Waals surface area contributed by atoms with Crippen LogP contribution in [0.5, 0.6) is 0 Å². The number of aromatic nitrogens is 1. The summed E-state index contributed by atoms with van der Waals surface area (Å²) in [5, 5.41) is 7.12. The van der Waals surface area contributed by atoms with Gasteiger partial charge in [-0.15, -0.1) is 0 Å². The molecule has 1 aliphatic rings. The van der Waals surface area contributed by atoms with Gasteiger partial charge in [0.1, 0.15) is 5.69 Å². The molecule has 0 bridgehead atoms. The zero-order chi connectivity index (χ0) is 22.3. The molecule has 1 aromatic heterocycles. The standard InChI is InChI=1S/C19H22N2O2.C2HF3O2/c1-14-7-6-10-16(20-14)19(22)21-12-11-18(23-2)17(21)13-15-8-4-3-5-9-15;3-2(4,5)1(6)7/h3-10,17-18H,11-13H2,1-2H3;(H,6,7)/t17-,18+;/m0./s1. The number of halogens is 3. The number of carboxylic acids is 1. The van der Waals surface area contributed by atoms with Crippen molar-refractivity contribution in [3.8, 4) is 0 Å². The van der Waals surface area contributed by atoms with E-state index in [1.54, 1.807) is 13.2 Å². The molecule has 162 valence electrons. The predicted molar refractivity (Wildman–Crippen MR) is 103 cm³/mol. The van der Waals surface area contributed by atoms with Crippen molar-refractivity contribution in [3.63, 3.8) is 0 Å². The molecule has 1 amide bonds. The van der Waals surface area contributed by atoms with Crippen LogP contribution in [0.4, 0.5) is 13.2 Å². The molecule has 2 atom stereocenters. The third-order valence-corrected chi connectivity index (χ3v) is 4.69. The lowest BCUT2D eigenvalue weighted by molar-refractivity contribution is -0.192. The number of carbonyl (C=O) groups is 2. The highest BCUT2D eigenvalue weighted by atomic mass is 19.4. The molecule has 0 aliphatic carbocycles. The number of nitrogens with zero attached hydrogens (tertiary/aromatic N) is 2. The van der Waals surface area contributed by atoms with E-state index < -0.39 is 12.1 Å². The minimum absolute atomic E-state index is 0.00539. The minimum atomic E-state index is -5.08. The highest BCUT2D eigenvalue weighted by molar-refractivity contribution is 5.92. The number of alkyl halides is 3.